The van der Waals surface area contributed by atoms with Gasteiger partial charge in [0.1, 0.15) is 5.75 Å². The largest absolute Gasteiger partial charge is 0.493 e. The van der Waals surface area contributed by atoms with Crippen molar-refractivity contribution in [3.8, 4) is 17.0 Å². The van der Waals surface area contributed by atoms with Crippen LogP contribution in [-0.2, 0) is 0 Å². The average Bonchev–Trinajstić information content (AvgIpc) is 3.22. The van der Waals surface area contributed by atoms with Crippen molar-refractivity contribution in [1.82, 2.24) is 9.88 Å². The molecule has 1 amide bonds. The predicted molar refractivity (Wildman–Crippen MR) is 108 cm³/mol. The molecule has 0 radical (unpaired) electrons. The molecule has 0 N–H and O–H groups in total. The number of benzene rings is 2. The number of nitrogens with zero attached hydrogens (tertiary/aromatic N) is 2. The summed E-state index contributed by atoms with van der Waals surface area (Å²) in [4.78, 5) is 19.9. The molecule has 3 aromatic rings. The van der Waals surface area contributed by atoms with E-state index in [-0.39, 0.29) is 5.91 Å². The Morgan fingerprint density at radius 2 is 1.93 bits per heavy atom. The molecule has 1 aromatic heterocycles. The number of para-hydroxylation sites is 1. The lowest BCUT2D eigenvalue weighted by Crippen LogP contribution is -2.27. The van der Waals surface area contributed by atoms with Crippen molar-refractivity contribution in [1.29, 1.82) is 0 Å². The zero-order chi connectivity index (χ0) is 18.8. The van der Waals surface area contributed by atoms with Gasteiger partial charge in [-0.05, 0) is 56.2 Å². The SMILES string of the molecule is CCOc1ccccc1-c1cc(C(=O)N2CCCC2)c2cc(Cl)ccc2n1. The number of fused-ring (bicyclic) bond motifs is 1. The van der Waals surface area contributed by atoms with Crippen molar-refractivity contribution in [3.63, 3.8) is 0 Å². The van der Waals surface area contributed by atoms with E-state index in [1.807, 2.05) is 54.3 Å². The van der Waals surface area contributed by atoms with E-state index < -0.39 is 0 Å². The van der Waals surface area contributed by atoms with E-state index in [1.54, 1.807) is 6.07 Å². The Balaban J connectivity index is 1.90. The van der Waals surface area contributed by atoms with E-state index in [4.69, 9.17) is 21.3 Å². The first kappa shape index (κ1) is 17.8. The lowest BCUT2D eigenvalue weighted by molar-refractivity contribution is 0.0794. The van der Waals surface area contributed by atoms with Crippen molar-refractivity contribution < 1.29 is 9.53 Å². The fraction of sp³-hybridized carbons (Fsp3) is 0.273. The Kier molecular flexibility index (Phi) is 4.99. The number of ether oxygens (including phenoxy) is 1. The minimum atomic E-state index is 0.0392. The number of hydrogen-bond donors (Lipinski definition) is 0. The van der Waals surface area contributed by atoms with Gasteiger partial charge < -0.3 is 9.64 Å². The molecular weight excluding hydrogens is 360 g/mol. The van der Waals surface area contributed by atoms with Crippen LogP contribution in [0, 0.1) is 0 Å². The summed E-state index contributed by atoms with van der Waals surface area (Å²) in [5.41, 5.74) is 3.01. The first-order valence-electron chi connectivity index (χ1n) is 9.29. The Hall–Kier alpha value is -2.59. The van der Waals surface area contributed by atoms with Gasteiger partial charge in [-0.3, -0.25) is 4.79 Å². The van der Waals surface area contributed by atoms with Gasteiger partial charge in [0.15, 0.2) is 0 Å². The molecule has 27 heavy (non-hydrogen) atoms. The molecule has 5 heteroatoms. The topological polar surface area (TPSA) is 42.4 Å². The second-order valence-corrected chi connectivity index (χ2v) is 7.08. The number of likely N-dealkylation sites (tertiary alicyclic amines) is 1. The minimum Gasteiger partial charge on any atom is -0.493 e. The van der Waals surface area contributed by atoms with Crippen LogP contribution < -0.4 is 4.74 Å². The highest BCUT2D eigenvalue weighted by Gasteiger charge is 2.23. The van der Waals surface area contributed by atoms with Crippen molar-refractivity contribution in [2.45, 2.75) is 19.8 Å². The van der Waals surface area contributed by atoms with E-state index >= 15 is 0 Å². The van der Waals surface area contributed by atoms with Gasteiger partial charge in [-0.2, -0.15) is 0 Å². The van der Waals surface area contributed by atoms with E-state index in [1.165, 1.54) is 0 Å². The van der Waals surface area contributed by atoms with Crippen LogP contribution in [-0.4, -0.2) is 35.5 Å². The molecule has 0 spiro atoms. The van der Waals surface area contributed by atoms with Crippen molar-refractivity contribution >= 4 is 28.4 Å². The third-order valence-corrected chi connectivity index (χ3v) is 5.09. The summed E-state index contributed by atoms with van der Waals surface area (Å²) in [5, 5.41) is 1.39. The van der Waals surface area contributed by atoms with Gasteiger partial charge in [-0.25, -0.2) is 4.98 Å². The summed E-state index contributed by atoms with van der Waals surface area (Å²) >= 11 is 6.21. The predicted octanol–water partition coefficient (Wildman–Crippen LogP) is 5.19. The van der Waals surface area contributed by atoms with Crippen molar-refractivity contribution in [3.05, 3.63) is 59.1 Å². The highest BCUT2D eigenvalue weighted by molar-refractivity contribution is 6.31. The van der Waals surface area contributed by atoms with Crippen LogP contribution in [0.4, 0.5) is 0 Å². The van der Waals surface area contributed by atoms with Gasteiger partial charge >= 0.3 is 0 Å². The van der Waals surface area contributed by atoms with Gasteiger partial charge in [0, 0.05) is 29.1 Å². The maximum absolute atomic E-state index is 13.2. The van der Waals surface area contributed by atoms with Crippen LogP contribution in [0.5, 0.6) is 5.75 Å². The van der Waals surface area contributed by atoms with Crippen LogP contribution in [0.1, 0.15) is 30.1 Å². The van der Waals surface area contributed by atoms with Gasteiger partial charge in [0.05, 0.1) is 23.4 Å². The molecule has 138 valence electrons. The molecule has 0 unspecified atom stereocenters. The molecule has 1 aliphatic heterocycles. The minimum absolute atomic E-state index is 0.0392. The molecule has 0 atom stereocenters. The first-order valence-corrected chi connectivity index (χ1v) is 9.67. The standard InChI is InChI=1S/C22H21ClN2O2/c1-2-27-21-8-4-3-7-16(21)20-14-18(22(26)25-11-5-6-12-25)17-13-15(23)9-10-19(17)24-20/h3-4,7-10,13-14H,2,5-6,11-12H2,1H3. The smallest absolute Gasteiger partial charge is 0.254 e. The fourth-order valence-corrected chi connectivity index (χ4v) is 3.74. The third-order valence-electron chi connectivity index (χ3n) is 4.86. The number of aromatic nitrogens is 1. The molecule has 1 fully saturated rings. The number of halogens is 1. The summed E-state index contributed by atoms with van der Waals surface area (Å²) in [5.74, 6) is 0.803. The van der Waals surface area contributed by atoms with Crippen molar-refractivity contribution in [2.24, 2.45) is 0 Å². The Labute approximate surface area is 163 Å². The first-order chi connectivity index (χ1) is 13.2. The Morgan fingerprint density at radius 1 is 1.15 bits per heavy atom. The van der Waals surface area contributed by atoms with Crippen LogP contribution in [0.15, 0.2) is 48.5 Å². The number of pyridine rings is 1. The third kappa shape index (κ3) is 3.50. The normalized spacial score (nSPS) is 13.9. The maximum atomic E-state index is 13.2. The Bertz CT molecular complexity index is 997. The van der Waals surface area contributed by atoms with Gasteiger partial charge in [-0.1, -0.05) is 23.7 Å². The van der Waals surface area contributed by atoms with E-state index in [0.717, 1.165) is 53.8 Å². The molecule has 4 rings (SSSR count). The lowest BCUT2D eigenvalue weighted by atomic mass is 10.0. The average molecular weight is 381 g/mol. The Morgan fingerprint density at radius 3 is 2.70 bits per heavy atom. The molecule has 2 heterocycles. The molecule has 1 aliphatic rings. The molecular formula is C22H21ClN2O2. The molecule has 1 saturated heterocycles. The quantitative estimate of drug-likeness (QED) is 0.625. The number of rotatable bonds is 4. The second-order valence-electron chi connectivity index (χ2n) is 6.65. The zero-order valence-corrected chi connectivity index (χ0v) is 16.0. The molecule has 0 aliphatic carbocycles. The zero-order valence-electron chi connectivity index (χ0n) is 15.2. The highest BCUT2D eigenvalue weighted by Crippen LogP contribution is 2.33. The number of amides is 1. The summed E-state index contributed by atoms with van der Waals surface area (Å²) in [6.07, 6.45) is 2.10. The van der Waals surface area contributed by atoms with Gasteiger partial charge in [0.25, 0.3) is 5.91 Å². The number of carbonyl (C=O) groups excluding carboxylic acids is 1. The van der Waals surface area contributed by atoms with Crippen LogP contribution in [0.2, 0.25) is 5.02 Å². The van der Waals surface area contributed by atoms with Gasteiger partial charge in [0.2, 0.25) is 0 Å². The second kappa shape index (κ2) is 7.57. The molecule has 0 saturated carbocycles. The lowest BCUT2D eigenvalue weighted by Gasteiger charge is -2.18. The fourth-order valence-electron chi connectivity index (χ4n) is 3.56. The number of carbonyl (C=O) groups is 1. The number of hydrogen-bond acceptors (Lipinski definition) is 3. The highest BCUT2D eigenvalue weighted by atomic mass is 35.5. The monoisotopic (exact) mass is 380 g/mol. The van der Waals surface area contributed by atoms with Crippen LogP contribution in [0.25, 0.3) is 22.2 Å². The van der Waals surface area contributed by atoms with Gasteiger partial charge in [-0.15, -0.1) is 0 Å². The summed E-state index contributed by atoms with van der Waals surface area (Å²) < 4.78 is 5.77. The maximum Gasteiger partial charge on any atom is 0.254 e. The molecule has 4 nitrogen and oxygen atoms in total. The van der Waals surface area contributed by atoms with E-state index in [9.17, 15) is 4.79 Å². The summed E-state index contributed by atoms with van der Waals surface area (Å²) in [6.45, 7) is 4.12. The van der Waals surface area contributed by atoms with Crippen LogP contribution >= 0.6 is 11.6 Å². The molecule has 0 bridgehead atoms. The summed E-state index contributed by atoms with van der Waals surface area (Å²) in [7, 11) is 0. The van der Waals surface area contributed by atoms with Crippen molar-refractivity contribution in [2.75, 3.05) is 19.7 Å². The van der Waals surface area contributed by atoms with E-state index in [0.29, 0.717) is 17.2 Å². The molecule has 2 aromatic carbocycles. The summed E-state index contributed by atoms with van der Waals surface area (Å²) in [6, 6.07) is 15.2. The van der Waals surface area contributed by atoms with E-state index in [2.05, 4.69) is 0 Å². The van der Waals surface area contributed by atoms with Crippen LogP contribution in [0.3, 0.4) is 0 Å².